The lowest BCUT2D eigenvalue weighted by Gasteiger charge is -2.20. The fourth-order valence-electron chi connectivity index (χ4n) is 3.96. The van der Waals surface area contributed by atoms with Crippen molar-refractivity contribution >= 4 is 42.5 Å². The van der Waals surface area contributed by atoms with Crippen LogP contribution in [0.3, 0.4) is 0 Å². The van der Waals surface area contributed by atoms with Crippen molar-refractivity contribution in [1.82, 2.24) is 15.3 Å². The molecule has 4 rings (SSSR count). The molecule has 0 radical (unpaired) electrons. The van der Waals surface area contributed by atoms with Gasteiger partial charge in [0.25, 0.3) is 11.8 Å². The molecule has 0 saturated carbocycles. The molecule has 0 spiro atoms. The van der Waals surface area contributed by atoms with Crippen LogP contribution in [0, 0.1) is 0 Å². The summed E-state index contributed by atoms with van der Waals surface area (Å²) in [6.07, 6.45) is 3.35. The van der Waals surface area contributed by atoms with Crippen molar-refractivity contribution in [3.05, 3.63) is 90.4 Å². The predicted octanol–water partition coefficient (Wildman–Crippen LogP) is 4.75. The fourth-order valence-corrected chi connectivity index (χ4v) is 4.48. The number of para-hydroxylation sites is 1. The average Bonchev–Trinajstić information content (AvgIpc) is 2.96. The number of nitrogens with one attached hydrogen (secondary N) is 3. The molecular weight excluding hydrogens is 578 g/mol. The van der Waals surface area contributed by atoms with Gasteiger partial charge < -0.3 is 35.3 Å². The monoisotopic (exact) mass is 615 g/mol. The van der Waals surface area contributed by atoms with Crippen LogP contribution >= 0.6 is 0 Å². The summed E-state index contributed by atoms with van der Waals surface area (Å²) >= 11 is 0. The lowest BCUT2D eigenvalue weighted by Crippen LogP contribution is -2.36. The number of benzene rings is 2. The second-order valence-corrected chi connectivity index (χ2v) is 15.4. The van der Waals surface area contributed by atoms with Gasteiger partial charge in [-0.2, -0.15) is 0 Å². The highest BCUT2D eigenvalue weighted by Gasteiger charge is 2.24. The molecular formula is C32H37N5O6Si. The molecule has 0 saturated heterocycles. The molecule has 2 aromatic carbocycles. The highest BCUT2D eigenvalue weighted by Crippen LogP contribution is 2.31. The minimum atomic E-state index is -2.36. The van der Waals surface area contributed by atoms with Crippen LogP contribution in [0.4, 0.5) is 11.5 Å². The zero-order valence-corrected chi connectivity index (χ0v) is 26.3. The molecule has 0 bridgehead atoms. The van der Waals surface area contributed by atoms with E-state index >= 15 is 0 Å². The Bertz CT molecular complexity index is 1650. The number of hydrogen-bond acceptors (Lipinski definition) is 9. The van der Waals surface area contributed by atoms with Crippen LogP contribution in [0.1, 0.15) is 20.8 Å². The average molecular weight is 616 g/mol. The van der Waals surface area contributed by atoms with Crippen LogP contribution in [0.25, 0.3) is 10.9 Å². The van der Waals surface area contributed by atoms with E-state index in [-0.39, 0.29) is 24.2 Å². The summed E-state index contributed by atoms with van der Waals surface area (Å²) in [6, 6.07) is 19.2. The third-order valence-corrected chi connectivity index (χ3v) is 6.97. The summed E-state index contributed by atoms with van der Waals surface area (Å²) in [5.41, 5.74) is 0.261. The van der Waals surface area contributed by atoms with Crippen molar-refractivity contribution in [2.75, 3.05) is 23.4 Å². The Kier molecular flexibility index (Phi) is 9.99. The van der Waals surface area contributed by atoms with Crippen LogP contribution < -0.4 is 25.4 Å². The van der Waals surface area contributed by atoms with Gasteiger partial charge in [-0.1, -0.05) is 18.2 Å². The Labute approximate surface area is 257 Å². The normalized spacial score (nSPS) is 12.2. The lowest BCUT2D eigenvalue weighted by molar-refractivity contribution is -0.118. The number of allylic oxidation sites excluding steroid dienone is 1. The number of carbonyl (C=O) groups is 2. The Hall–Kier alpha value is -4.78. The van der Waals surface area contributed by atoms with Gasteiger partial charge in [0.15, 0.2) is 0 Å². The molecule has 4 aromatic rings. The number of carbonyl (C=O) groups excluding carboxylic acids is 2. The van der Waals surface area contributed by atoms with E-state index in [1.54, 1.807) is 94.7 Å². The quantitative estimate of drug-likeness (QED) is 0.0657. The number of ether oxygens (including phenoxy) is 2. The zero-order chi connectivity index (χ0) is 31.9. The molecule has 11 nitrogen and oxygen atoms in total. The summed E-state index contributed by atoms with van der Waals surface area (Å²) in [7, 11) is -2.36. The Morgan fingerprint density at radius 3 is 2.30 bits per heavy atom. The third-order valence-electron chi connectivity index (χ3n) is 6.12. The highest BCUT2D eigenvalue weighted by atomic mass is 28.4. The molecule has 0 fully saturated rings. The van der Waals surface area contributed by atoms with Crippen molar-refractivity contribution in [1.29, 1.82) is 0 Å². The SMILES string of the molecule is C/C(NCC(C)(C)O)=C(/C(=O)Nc1ccccc1)C(=O)Nc1ccc(Oc2ccnc3cc(OC[Si](C)(C)O)ccc23)cn1. The van der Waals surface area contributed by atoms with E-state index in [1.165, 1.54) is 6.20 Å². The first-order chi connectivity index (χ1) is 20.8. The Morgan fingerprint density at radius 1 is 0.932 bits per heavy atom. The Morgan fingerprint density at radius 2 is 1.64 bits per heavy atom. The summed E-state index contributed by atoms with van der Waals surface area (Å²) in [6.45, 7) is 8.56. The molecule has 0 aliphatic heterocycles. The van der Waals surface area contributed by atoms with Gasteiger partial charge in [0.05, 0.1) is 17.3 Å². The number of hydrogen-bond donors (Lipinski definition) is 5. The van der Waals surface area contributed by atoms with Crippen LogP contribution in [0.15, 0.2) is 90.4 Å². The van der Waals surface area contributed by atoms with E-state index in [1.807, 2.05) is 12.1 Å². The van der Waals surface area contributed by atoms with Gasteiger partial charge in [0, 0.05) is 35.6 Å². The standard InChI is InChI=1S/C32H37N5O6Si/c1-21(35-19-32(2,3)40)29(30(38)36-22-9-7-6-8-10-22)31(39)37-28-14-12-24(18-34-28)43-27-15-16-33-26-17-23(11-13-25(26)27)42-20-44(4,5)41/h6-18,35,40-41H,19-20H2,1-5H3,(H,36,38)(H,34,37,39)/b29-21+. The van der Waals surface area contributed by atoms with Crippen molar-refractivity contribution < 1.29 is 29.0 Å². The van der Waals surface area contributed by atoms with Crippen molar-refractivity contribution in [3.63, 3.8) is 0 Å². The number of pyridine rings is 2. The molecule has 2 aromatic heterocycles. The molecule has 5 N–H and O–H groups in total. The molecule has 0 aliphatic carbocycles. The lowest BCUT2D eigenvalue weighted by atomic mass is 10.1. The number of aliphatic hydroxyl groups is 1. The topological polar surface area (TPSA) is 155 Å². The van der Waals surface area contributed by atoms with Gasteiger partial charge >= 0.3 is 0 Å². The molecule has 44 heavy (non-hydrogen) atoms. The minimum Gasteiger partial charge on any atom is -0.494 e. The van der Waals surface area contributed by atoms with E-state index in [2.05, 4.69) is 25.9 Å². The first kappa shape index (κ1) is 32.1. The maximum atomic E-state index is 13.3. The van der Waals surface area contributed by atoms with Gasteiger partial charge in [0.1, 0.15) is 34.9 Å². The molecule has 0 atom stereocenters. The van der Waals surface area contributed by atoms with Gasteiger partial charge in [-0.3, -0.25) is 14.6 Å². The second kappa shape index (κ2) is 13.7. The van der Waals surface area contributed by atoms with E-state index in [0.717, 1.165) is 5.39 Å². The number of nitrogens with zero attached hydrogens (tertiary/aromatic N) is 2. The summed E-state index contributed by atoms with van der Waals surface area (Å²) < 4.78 is 11.8. The predicted molar refractivity (Wildman–Crippen MR) is 172 cm³/mol. The van der Waals surface area contributed by atoms with Crippen LogP contribution in [-0.4, -0.2) is 58.4 Å². The van der Waals surface area contributed by atoms with Gasteiger partial charge in [-0.15, -0.1) is 0 Å². The fraction of sp³-hybridized carbons (Fsp3) is 0.250. The molecule has 0 aliphatic rings. The number of amides is 2. The maximum Gasteiger partial charge on any atom is 0.264 e. The van der Waals surface area contributed by atoms with E-state index in [0.29, 0.717) is 34.1 Å². The highest BCUT2D eigenvalue weighted by molar-refractivity contribution is 6.69. The first-order valence-electron chi connectivity index (χ1n) is 14.0. The summed E-state index contributed by atoms with van der Waals surface area (Å²) in [4.78, 5) is 45.3. The molecule has 230 valence electrons. The van der Waals surface area contributed by atoms with Gasteiger partial charge in [0.2, 0.25) is 8.32 Å². The molecule has 2 amide bonds. The molecule has 0 unspecified atom stereocenters. The second-order valence-electron chi connectivity index (χ2n) is 11.5. The van der Waals surface area contributed by atoms with E-state index in [9.17, 15) is 19.5 Å². The minimum absolute atomic E-state index is 0.124. The zero-order valence-electron chi connectivity index (χ0n) is 25.3. The number of aromatic nitrogens is 2. The van der Waals surface area contributed by atoms with Crippen LogP contribution in [0.2, 0.25) is 13.1 Å². The largest absolute Gasteiger partial charge is 0.494 e. The van der Waals surface area contributed by atoms with E-state index < -0.39 is 25.7 Å². The molecule has 2 heterocycles. The smallest absolute Gasteiger partial charge is 0.264 e. The van der Waals surface area contributed by atoms with Crippen LogP contribution in [-0.2, 0) is 9.59 Å². The summed E-state index contributed by atoms with van der Waals surface area (Å²) in [5, 5.41) is 19.2. The first-order valence-corrected chi connectivity index (χ1v) is 17.2. The van der Waals surface area contributed by atoms with Gasteiger partial charge in [-0.25, -0.2) is 4.98 Å². The number of anilines is 2. The number of rotatable bonds is 12. The van der Waals surface area contributed by atoms with Crippen LogP contribution in [0.5, 0.6) is 17.2 Å². The van der Waals surface area contributed by atoms with Crippen molar-refractivity contribution in [2.24, 2.45) is 0 Å². The Balaban J connectivity index is 1.48. The summed E-state index contributed by atoms with van der Waals surface area (Å²) in [5.74, 6) is 0.493. The third kappa shape index (κ3) is 9.36. The van der Waals surface area contributed by atoms with Gasteiger partial charge in [-0.05, 0) is 76.3 Å². The molecule has 12 heteroatoms. The number of fused-ring (bicyclic) bond motifs is 1. The van der Waals surface area contributed by atoms with Crippen molar-refractivity contribution in [3.8, 4) is 17.2 Å². The van der Waals surface area contributed by atoms with Crippen molar-refractivity contribution in [2.45, 2.75) is 39.5 Å². The van der Waals surface area contributed by atoms with E-state index in [4.69, 9.17) is 9.47 Å². The maximum absolute atomic E-state index is 13.3.